The highest BCUT2D eigenvalue weighted by Crippen LogP contribution is 2.20. The van der Waals surface area contributed by atoms with Crippen molar-refractivity contribution in [2.24, 2.45) is 11.8 Å². The van der Waals surface area contributed by atoms with Gasteiger partial charge in [-0.2, -0.15) is 0 Å². The summed E-state index contributed by atoms with van der Waals surface area (Å²) in [5.41, 5.74) is 0.390. The number of nitrogens with one attached hydrogen (secondary N) is 2. The van der Waals surface area contributed by atoms with Gasteiger partial charge in [-0.25, -0.2) is 9.18 Å². The molecule has 1 heterocycles. The van der Waals surface area contributed by atoms with E-state index in [2.05, 4.69) is 10.6 Å². The highest BCUT2D eigenvalue weighted by atomic mass is 19.1. The van der Waals surface area contributed by atoms with Crippen LogP contribution in [0.25, 0.3) is 0 Å². The zero-order valence-corrected chi connectivity index (χ0v) is 17.3. The number of rotatable bonds is 7. The third kappa shape index (κ3) is 7.46. The SMILES string of the molecule is CC(C)CCNC(=O)NC(=O)COC(=O)C1CCN(C(=O)c2ccc(F)cc2)CC1. The second kappa shape index (κ2) is 11.3. The van der Waals surface area contributed by atoms with Crippen LogP contribution in [0.5, 0.6) is 0 Å². The molecule has 2 rings (SSSR count). The molecule has 1 fully saturated rings. The maximum atomic E-state index is 13.0. The van der Waals surface area contributed by atoms with Gasteiger partial charge in [-0.1, -0.05) is 13.8 Å². The predicted molar refractivity (Wildman–Crippen MR) is 107 cm³/mol. The van der Waals surface area contributed by atoms with Crippen LogP contribution in [0.1, 0.15) is 43.5 Å². The lowest BCUT2D eigenvalue weighted by molar-refractivity contribution is -0.153. The van der Waals surface area contributed by atoms with Crippen molar-refractivity contribution >= 4 is 23.8 Å². The van der Waals surface area contributed by atoms with Crippen LogP contribution in [-0.4, -0.2) is 55.0 Å². The number of carbonyl (C=O) groups excluding carboxylic acids is 4. The number of amides is 4. The Hall–Kier alpha value is -2.97. The number of piperidine rings is 1. The van der Waals surface area contributed by atoms with Gasteiger partial charge in [-0.15, -0.1) is 0 Å². The molecule has 1 saturated heterocycles. The highest BCUT2D eigenvalue weighted by molar-refractivity contribution is 5.96. The van der Waals surface area contributed by atoms with Crippen LogP contribution in [0.15, 0.2) is 24.3 Å². The first-order valence-corrected chi connectivity index (χ1v) is 10.1. The van der Waals surface area contributed by atoms with E-state index in [9.17, 15) is 23.6 Å². The molecule has 1 aromatic rings. The summed E-state index contributed by atoms with van der Waals surface area (Å²) in [4.78, 5) is 49.5. The van der Waals surface area contributed by atoms with Crippen LogP contribution in [0.3, 0.4) is 0 Å². The topological polar surface area (TPSA) is 105 Å². The van der Waals surface area contributed by atoms with Crippen molar-refractivity contribution in [1.29, 1.82) is 0 Å². The van der Waals surface area contributed by atoms with Crippen LogP contribution in [0.2, 0.25) is 0 Å². The van der Waals surface area contributed by atoms with E-state index in [0.29, 0.717) is 44.0 Å². The maximum Gasteiger partial charge on any atom is 0.321 e. The first-order chi connectivity index (χ1) is 14.3. The Bertz CT molecular complexity index is 758. The largest absolute Gasteiger partial charge is 0.455 e. The number of halogens is 1. The molecule has 0 unspecified atom stereocenters. The van der Waals surface area contributed by atoms with Crippen LogP contribution >= 0.6 is 0 Å². The summed E-state index contributed by atoms with van der Waals surface area (Å²) >= 11 is 0. The molecular formula is C21H28FN3O5. The number of imide groups is 1. The Labute approximate surface area is 175 Å². The monoisotopic (exact) mass is 421 g/mol. The van der Waals surface area contributed by atoms with Crippen LogP contribution in [-0.2, 0) is 14.3 Å². The van der Waals surface area contributed by atoms with Crippen LogP contribution < -0.4 is 10.6 Å². The third-order valence-electron chi connectivity index (χ3n) is 4.81. The molecule has 0 spiro atoms. The number of carbonyl (C=O) groups is 4. The lowest BCUT2D eigenvalue weighted by atomic mass is 9.96. The summed E-state index contributed by atoms with van der Waals surface area (Å²) < 4.78 is 18.0. The number of urea groups is 1. The molecule has 1 aliphatic heterocycles. The second-order valence-electron chi connectivity index (χ2n) is 7.67. The average Bonchev–Trinajstić information content (AvgIpc) is 2.72. The van der Waals surface area contributed by atoms with Gasteiger partial charge in [0.25, 0.3) is 11.8 Å². The van der Waals surface area contributed by atoms with Crippen molar-refractivity contribution < 1.29 is 28.3 Å². The standard InChI is InChI=1S/C21H28FN3O5/c1-14(2)7-10-23-21(29)24-18(26)13-30-20(28)16-8-11-25(12-9-16)19(27)15-3-5-17(22)6-4-15/h3-6,14,16H,7-13H2,1-2H3,(H2,23,24,26,29). The number of ether oxygens (including phenoxy) is 1. The van der Waals surface area contributed by atoms with E-state index in [1.54, 1.807) is 4.90 Å². The summed E-state index contributed by atoms with van der Waals surface area (Å²) in [5.74, 6) is -1.85. The fourth-order valence-electron chi connectivity index (χ4n) is 3.03. The molecule has 0 bridgehead atoms. The minimum Gasteiger partial charge on any atom is -0.455 e. The predicted octanol–water partition coefficient (Wildman–Crippen LogP) is 2.09. The zero-order valence-electron chi connectivity index (χ0n) is 17.3. The highest BCUT2D eigenvalue weighted by Gasteiger charge is 2.29. The Balaban J connectivity index is 1.68. The Morgan fingerprint density at radius 2 is 1.77 bits per heavy atom. The maximum absolute atomic E-state index is 13.0. The number of hydrogen-bond acceptors (Lipinski definition) is 5. The number of hydrogen-bond donors (Lipinski definition) is 2. The smallest absolute Gasteiger partial charge is 0.321 e. The minimum absolute atomic E-state index is 0.218. The van der Waals surface area contributed by atoms with Gasteiger partial charge >= 0.3 is 12.0 Å². The van der Waals surface area contributed by atoms with Crippen molar-refractivity contribution in [3.8, 4) is 0 Å². The van der Waals surface area contributed by atoms with Crippen molar-refractivity contribution in [2.45, 2.75) is 33.1 Å². The molecule has 0 radical (unpaired) electrons. The molecule has 4 amide bonds. The van der Waals surface area contributed by atoms with Crippen LogP contribution in [0.4, 0.5) is 9.18 Å². The molecule has 8 nitrogen and oxygen atoms in total. The zero-order chi connectivity index (χ0) is 22.1. The van der Waals surface area contributed by atoms with Gasteiger partial charge in [0.2, 0.25) is 0 Å². The first kappa shape index (κ1) is 23.3. The summed E-state index contributed by atoms with van der Waals surface area (Å²) in [7, 11) is 0. The molecular weight excluding hydrogens is 393 g/mol. The molecule has 0 saturated carbocycles. The average molecular weight is 421 g/mol. The third-order valence-corrected chi connectivity index (χ3v) is 4.81. The fourth-order valence-corrected chi connectivity index (χ4v) is 3.03. The number of nitrogens with zero attached hydrogens (tertiary/aromatic N) is 1. The van der Waals surface area contributed by atoms with E-state index >= 15 is 0 Å². The lowest BCUT2D eigenvalue weighted by Gasteiger charge is -2.31. The minimum atomic E-state index is -0.700. The molecule has 9 heteroatoms. The molecule has 164 valence electrons. The Kier molecular flexibility index (Phi) is 8.76. The molecule has 30 heavy (non-hydrogen) atoms. The van der Waals surface area contributed by atoms with Gasteiger partial charge < -0.3 is 15.0 Å². The van der Waals surface area contributed by atoms with Crippen molar-refractivity contribution in [1.82, 2.24) is 15.5 Å². The van der Waals surface area contributed by atoms with Gasteiger partial charge in [-0.05, 0) is 49.4 Å². The van der Waals surface area contributed by atoms with E-state index in [1.165, 1.54) is 24.3 Å². The van der Waals surface area contributed by atoms with Gasteiger partial charge in [0, 0.05) is 25.2 Å². The lowest BCUT2D eigenvalue weighted by Crippen LogP contribution is -2.43. The number of likely N-dealkylation sites (tertiary alicyclic amines) is 1. The number of esters is 1. The summed E-state index contributed by atoms with van der Waals surface area (Å²) in [6.07, 6.45) is 1.60. The number of benzene rings is 1. The normalized spacial score (nSPS) is 14.3. The van der Waals surface area contributed by atoms with E-state index in [4.69, 9.17) is 4.74 Å². The fraction of sp³-hybridized carbons (Fsp3) is 0.524. The summed E-state index contributed by atoms with van der Waals surface area (Å²) in [6, 6.07) is 4.69. The first-order valence-electron chi connectivity index (χ1n) is 10.1. The van der Waals surface area contributed by atoms with Gasteiger partial charge in [0.05, 0.1) is 5.92 Å². The Morgan fingerprint density at radius 1 is 1.13 bits per heavy atom. The molecule has 1 aromatic carbocycles. The molecule has 2 N–H and O–H groups in total. The summed E-state index contributed by atoms with van der Waals surface area (Å²) in [6.45, 7) is 4.68. The molecule has 1 aliphatic rings. The van der Waals surface area contributed by atoms with E-state index in [-0.39, 0.29) is 5.91 Å². The van der Waals surface area contributed by atoms with Crippen molar-refractivity contribution in [3.63, 3.8) is 0 Å². The second-order valence-corrected chi connectivity index (χ2v) is 7.67. The van der Waals surface area contributed by atoms with E-state index in [0.717, 1.165) is 6.42 Å². The van der Waals surface area contributed by atoms with Gasteiger partial charge in [-0.3, -0.25) is 19.7 Å². The van der Waals surface area contributed by atoms with Gasteiger partial charge in [0.1, 0.15) is 5.82 Å². The van der Waals surface area contributed by atoms with E-state index < -0.39 is 36.2 Å². The van der Waals surface area contributed by atoms with Crippen molar-refractivity contribution in [2.75, 3.05) is 26.2 Å². The molecule has 0 aromatic heterocycles. The quantitative estimate of drug-likeness (QED) is 0.656. The molecule has 0 atom stereocenters. The van der Waals surface area contributed by atoms with E-state index in [1.807, 2.05) is 13.8 Å². The summed E-state index contributed by atoms with van der Waals surface area (Å²) in [5, 5.41) is 4.67. The van der Waals surface area contributed by atoms with Gasteiger partial charge in [0.15, 0.2) is 6.61 Å². The molecule has 0 aliphatic carbocycles. The van der Waals surface area contributed by atoms with Crippen molar-refractivity contribution in [3.05, 3.63) is 35.6 Å². The van der Waals surface area contributed by atoms with Crippen LogP contribution in [0, 0.1) is 17.7 Å². The Morgan fingerprint density at radius 3 is 2.37 bits per heavy atom.